The Hall–Kier alpha value is -0.260. The van der Waals surface area contributed by atoms with E-state index < -0.39 is 0 Å². The molecule has 0 saturated carbocycles. The number of hydrogen-bond acceptors (Lipinski definition) is 5. The third kappa shape index (κ3) is 4.67. The molecule has 0 aliphatic rings. The number of aromatic nitrogens is 6. The van der Waals surface area contributed by atoms with Crippen LogP contribution < -0.4 is 5.56 Å². The smallest absolute Gasteiger partial charge is 0.267 e. The second kappa shape index (κ2) is 9.48. The zero-order valence-electron chi connectivity index (χ0n) is 14.8. The molecule has 0 spiro atoms. The first-order valence-electron chi connectivity index (χ1n) is 8.21. The molecule has 3 heterocycles. The first-order chi connectivity index (χ1) is 14.0. The molecule has 7 nitrogen and oxygen atoms in total. The van der Waals surface area contributed by atoms with Gasteiger partial charge in [0.1, 0.15) is 10.7 Å². The van der Waals surface area contributed by atoms with Crippen molar-refractivity contribution in [3.63, 3.8) is 0 Å². The van der Waals surface area contributed by atoms with Crippen molar-refractivity contribution in [2.75, 3.05) is 0 Å². The van der Waals surface area contributed by atoms with E-state index >= 15 is 0 Å². The minimum Gasteiger partial charge on any atom is -0.267 e. The average molecular weight is 689 g/mol. The Bertz CT molecular complexity index is 1260. The Morgan fingerprint density at radius 2 is 2.03 bits per heavy atom. The maximum atomic E-state index is 12.9. The van der Waals surface area contributed by atoms with E-state index in [4.69, 9.17) is 11.6 Å². The molecule has 4 rings (SSSR count). The summed E-state index contributed by atoms with van der Waals surface area (Å²) < 4.78 is 5.15. The lowest BCUT2D eigenvalue weighted by atomic mass is 10.2. The monoisotopic (exact) mass is 688 g/mol. The lowest BCUT2D eigenvalue weighted by molar-refractivity contribution is 0.632. The Balaban J connectivity index is 1.63. The van der Waals surface area contributed by atoms with Crippen LogP contribution in [-0.4, -0.2) is 28.9 Å². The van der Waals surface area contributed by atoms with Crippen LogP contribution in [0.5, 0.6) is 0 Å². The van der Waals surface area contributed by atoms with Gasteiger partial charge in [-0.1, -0.05) is 23.4 Å². The highest BCUT2D eigenvalue weighted by molar-refractivity contribution is 14.2. The molecule has 4 aromatic rings. The molecule has 1 aromatic carbocycles. The van der Waals surface area contributed by atoms with Crippen molar-refractivity contribution in [1.29, 1.82) is 0 Å². The van der Waals surface area contributed by atoms with Crippen LogP contribution in [0.3, 0.4) is 0 Å². The van der Waals surface area contributed by atoms with E-state index in [1.165, 1.54) is 4.68 Å². The van der Waals surface area contributed by atoms with Crippen LogP contribution in [0.2, 0.25) is 5.02 Å². The fourth-order valence-electron chi connectivity index (χ4n) is 2.74. The molecule has 13 heteroatoms. The average Bonchev–Trinajstić information content (AvgIpc) is 3.29. The van der Waals surface area contributed by atoms with Gasteiger partial charge in [-0.25, -0.2) is 13.6 Å². The number of nitrogens with zero attached hydrogens (tertiary/aromatic N) is 6. The molecule has 0 N–H and O–H groups in total. The van der Waals surface area contributed by atoms with Crippen molar-refractivity contribution in [2.45, 2.75) is 23.4 Å². The van der Waals surface area contributed by atoms with Crippen molar-refractivity contribution >= 4 is 91.0 Å². The zero-order chi connectivity index (χ0) is 20.5. The maximum Gasteiger partial charge on any atom is 0.274 e. The highest BCUT2D eigenvalue weighted by Crippen LogP contribution is 2.32. The lowest BCUT2D eigenvalue weighted by Crippen LogP contribution is -2.23. The predicted molar refractivity (Wildman–Crippen MR) is 139 cm³/mol. The van der Waals surface area contributed by atoms with Gasteiger partial charge in [0.2, 0.25) is 0 Å². The molecule has 0 radical (unpaired) electrons. The second-order valence-electron chi connectivity index (χ2n) is 5.98. The molecule has 0 amide bonds. The highest BCUT2D eigenvalue weighted by Gasteiger charge is 2.15. The fourth-order valence-corrected chi connectivity index (χ4v) is 6.77. The van der Waals surface area contributed by atoms with Gasteiger partial charge >= 0.3 is 0 Å². The van der Waals surface area contributed by atoms with Crippen molar-refractivity contribution in [3.05, 3.63) is 63.4 Å². The number of hydrogen-bond donors (Lipinski definition) is 0. The van der Waals surface area contributed by atoms with E-state index in [1.807, 2.05) is 46.3 Å². The third-order valence-corrected chi connectivity index (χ3v) is 9.47. The predicted octanol–water partition coefficient (Wildman–Crippen LogP) is 5.53. The van der Waals surface area contributed by atoms with Crippen molar-refractivity contribution in [1.82, 2.24) is 28.9 Å². The lowest BCUT2D eigenvalue weighted by Gasteiger charge is -2.06. The summed E-state index contributed by atoms with van der Waals surface area (Å²) in [5.41, 5.74) is 1.39. The van der Waals surface area contributed by atoms with Crippen LogP contribution in [0.4, 0.5) is 0 Å². The summed E-state index contributed by atoms with van der Waals surface area (Å²) in [6.45, 7) is 2.16. The molecule has 2 unspecified atom stereocenters. The zero-order valence-corrected chi connectivity index (χ0v) is 22.7. The molecule has 0 fully saturated rings. The summed E-state index contributed by atoms with van der Waals surface area (Å²) >= 11 is 12.5. The molecule has 150 valence electrons. The van der Waals surface area contributed by atoms with Crippen LogP contribution in [0, 0.1) is 6.92 Å². The van der Waals surface area contributed by atoms with Gasteiger partial charge in [0, 0.05) is 16.5 Å². The van der Waals surface area contributed by atoms with Crippen LogP contribution >= 0.6 is 80.2 Å². The number of halogens is 3. The number of benzene rings is 1. The topological polar surface area (TPSA) is 70.5 Å². The van der Waals surface area contributed by atoms with E-state index in [2.05, 4.69) is 59.4 Å². The van der Waals surface area contributed by atoms with Gasteiger partial charge in [-0.15, -0.1) is 0 Å². The first-order valence-corrected chi connectivity index (χ1v) is 17.5. The summed E-state index contributed by atoms with van der Waals surface area (Å²) in [7, 11) is 0. The molecule has 0 saturated heterocycles. The number of rotatable bonds is 6. The largest absolute Gasteiger partial charge is 0.274 e. The van der Waals surface area contributed by atoms with Crippen LogP contribution in [0.25, 0.3) is 10.8 Å². The summed E-state index contributed by atoms with van der Waals surface area (Å²) in [5.74, 6) is 0. The van der Waals surface area contributed by atoms with Gasteiger partial charge in [0.05, 0.1) is 41.6 Å². The molecule has 0 aliphatic carbocycles. The van der Waals surface area contributed by atoms with E-state index in [9.17, 15) is 4.79 Å². The molecule has 0 bridgehead atoms. The summed E-state index contributed by atoms with van der Waals surface area (Å²) in [6, 6.07) is 7.73. The van der Waals surface area contributed by atoms with Gasteiger partial charge in [-0.2, -0.15) is 15.3 Å². The van der Waals surface area contributed by atoms with Gasteiger partial charge in [-0.3, -0.25) is 4.79 Å². The SMILES string of the molecule is Cc1c(Cl)c(Cn2ncc3cc(Sc4ccn(PI)n4)ccc3c2=O)nn1PI. The Morgan fingerprint density at radius 3 is 2.72 bits per heavy atom. The molecule has 3 aromatic heterocycles. The van der Waals surface area contributed by atoms with E-state index in [0.717, 1.165) is 21.0 Å². The Kier molecular flexibility index (Phi) is 7.18. The Labute approximate surface area is 205 Å². The minimum absolute atomic E-state index is 0.158. The van der Waals surface area contributed by atoms with Crippen LogP contribution in [0.1, 0.15) is 11.4 Å². The third-order valence-electron chi connectivity index (χ3n) is 4.19. The van der Waals surface area contributed by atoms with Crippen molar-refractivity contribution < 1.29 is 0 Å². The van der Waals surface area contributed by atoms with Crippen molar-refractivity contribution in [2.24, 2.45) is 0 Å². The normalized spacial score (nSPS) is 12.3. The van der Waals surface area contributed by atoms with Gasteiger partial charge in [0.25, 0.3) is 5.56 Å². The van der Waals surface area contributed by atoms with Gasteiger partial charge in [0.15, 0.2) is 0 Å². The van der Waals surface area contributed by atoms with Gasteiger partial charge in [-0.05, 0) is 75.3 Å². The first kappa shape index (κ1) is 22.0. The molecule has 2 atom stereocenters. The van der Waals surface area contributed by atoms with E-state index in [-0.39, 0.29) is 12.1 Å². The highest BCUT2D eigenvalue weighted by atomic mass is 127. The molecule has 0 aliphatic heterocycles. The van der Waals surface area contributed by atoms with Crippen molar-refractivity contribution in [3.8, 4) is 0 Å². The number of fused-ring (bicyclic) bond motifs is 1. The Morgan fingerprint density at radius 1 is 1.21 bits per heavy atom. The second-order valence-corrected chi connectivity index (χ2v) is 11.6. The summed E-state index contributed by atoms with van der Waals surface area (Å²) in [5, 5.41) is 16.2. The maximum absolute atomic E-state index is 12.9. The standard InChI is InChI=1S/C16H13ClI2N6OP2S/c1-9-15(17)13(21-25(9)28-19)8-23-16(26)12-3-2-11(6-10(12)7-20-23)29-14-4-5-24(22-14)27-18/h2-7,27-28H,8H2,1H3. The van der Waals surface area contributed by atoms with Gasteiger partial charge < -0.3 is 0 Å². The minimum atomic E-state index is -0.158. The molecular formula is C16H13ClI2N6OP2S. The quantitative estimate of drug-likeness (QED) is 0.197. The summed E-state index contributed by atoms with van der Waals surface area (Å²) in [6.07, 6.45) is 4.69. The van der Waals surface area contributed by atoms with E-state index in [1.54, 1.807) is 18.0 Å². The summed E-state index contributed by atoms with van der Waals surface area (Å²) in [4.78, 5) is 13.9. The molecule has 29 heavy (non-hydrogen) atoms. The van der Waals surface area contributed by atoms with Crippen LogP contribution in [-0.2, 0) is 6.54 Å². The van der Waals surface area contributed by atoms with Crippen LogP contribution in [0.15, 0.2) is 51.4 Å². The van der Waals surface area contributed by atoms with E-state index in [0.29, 0.717) is 28.9 Å². The molecular weight excluding hydrogens is 675 g/mol. The fraction of sp³-hybridized carbons (Fsp3) is 0.125.